The topological polar surface area (TPSA) is 47.0 Å². The molecule has 1 aromatic heterocycles. The number of rotatable bonds is 5. The predicted molar refractivity (Wildman–Crippen MR) is 123 cm³/mol. The number of benzene rings is 2. The van der Waals surface area contributed by atoms with Crippen molar-refractivity contribution in [3.8, 4) is 11.3 Å². The summed E-state index contributed by atoms with van der Waals surface area (Å²) in [5, 5.41) is 4.77. The zero-order chi connectivity index (χ0) is 21.4. The molecular weight excluding hydrogens is 417 g/mol. The number of fused-ring (bicyclic) bond motifs is 1. The van der Waals surface area contributed by atoms with Crippen molar-refractivity contribution in [3.05, 3.63) is 75.0 Å². The molecule has 1 N–H and O–H groups in total. The van der Waals surface area contributed by atoms with Crippen molar-refractivity contribution in [2.75, 3.05) is 5.32 Å². The monoisotopic (exact) mass is 441 g/mol. The fourth-order valence-corrected chi connectivity index (χ4v) is 4.53. The van der Waals surface area contributed by atoms with Crippen molar-refractivity contribution in [2.24, 2.45) is 0 Å². The molecule has 6 heteroatoms. The Bertz CT molecular complexity index is 1080. The van der Waals surface area contributed by atoms with Crippen molar-refractivity contribution in [2.45, 2.75) is 52.4 Å². The van der Waals surface area contributed by atoms with Gasteiger partial charge < -0.3 is 10.1 Å². The lowest BCUT2D eigenvalue weighted by Crippen LogP contribution is -2.28. The number of ether oxygens (including phenoxy) is 1. The smallest absolute Gasteiger partial charge is 0.148 e. The number of hydrogen-bond acceptors (Lipinski definition) is 4. The Hall–Kier alpha value is -2.14. The fourth-order valence-electron chi connectivity index (χ4n) is 4.03. The normalized spacial score (nSPS) is 18.0. The minimum Gasteiger partial charge on any atom is -0.373 e. The van der Waals surface area contributed by atoms with E-state index in [-0.39, 0.29) is 18.2 Å². The Morgan fingerprint density at radius 3 is 2.53 bits per heavy atom. The van der Waals surface area contributed by atoms with E-state index in [9.17, 15) is 0 Å². The van der Waals surface area contributed by atoms with Crippen LogP contribution >= 0.6 is 23.2 Å². The molecular formula is C24H25Cl2N3O. The van der Waals surface area contributed by atoms with E-state index in [4.69, 9.17) is 37.9 Å². The quantitative estimate of drug-likeness (QED) is 0.486. The van der Waals surface area contributed by atoms with Gasteiger partial charge in [0.15, 0.2) is 0 Å². The van der Waals surface area contributed by atoms with E-state index in [2.05, 4.69) is 43.4 Å². The van der Waals surface area contributed by atoms with E-state index in [1.807, 2.05) is 26.0 Å². The average Bonchev–Trinajstić information content (AvgIpc) is 3.01. The van der Waals surface area contributed by atoms with Crippen LogP contribution < -0.4 is 5.32 Å². The molecule has 0 fully saturated rings. The number of halogens is 2. The SMILES string of the molecule is Cc1nc(-c2ccc(Cl)cc2Cl)c(C)nc1N[C@@H]1c2ccccc2C[C@@H]1OC(C)C. The van der Waals surface area contributed by atoms with Gasteiger partial charge in [-0.3, -0.25) is 0 Å². The van der Waals surface area contributed by atoms with Crippen LogP contribution in [-0.2, 0) is 11.2 Å². The highest BCUT2D eigenvalue weighted by Gasteiger charge is 2.34. The molecule has 0 aliphatic heterocycles. The molecule has 30 heavy (non-hydrogen) atoms. The van der Waals surface area contributed by atoms with Gasteiger partial charge >= 0.3 is 0 Å². The molecule has 0 radical (unpaired) electrons. The molecule has 4 nitrogen and oxygen atoms in total. The molecule has 0 amide bonds. The lowest BCUT2D eigenvalue weighted by molar-refractivity contribution is 0.00372. The first-order chi connectivity index (χ1) is 14.3. The summed E-state index contributed by atoms with van der Waals surface area (Å²) in [6.07, 6.45) is 1.09. The van der Waals surface area contributed by atoms with Gasteiger partial charge in [0, 0.05) is 17.0 Å². The molecule has 1 aliphatic carbocycles. The van der Waals surface area contributed by atoms with Crippen LogP contribution in [0.15, 0.2) is 42.5 Å². The minimum absolute atomic E-state index is 0.0287. The molecule has 1 heterocycles. The number of nitrogens with one attached hydrogen (secondary N) is 1. The van der Waals surface area contributed by atoms with E-state index in [0.29, 0.717) is 10.0 Å². The van der Waals surface area contributed by atoms with Gasteiger partial charge in [-0.15, -0.1) is 0 Å². The number of nitrogens with zero attached hydrogens (tertiary/aromatic N) is 2. The molecule has 0 unspecified atom stereocenters. The van der Waals surface area contributed by atoms with Gasteiger partial charge in [0.1, 0.15) is 5.82 Å². The highest BCUT2D eigenvalue weighted by Crippen LogP contribution is 2.37. The Morgan fingerprint density at radius 1 is 1.03 bits per heavy atom. The Labute approximate surface area is 187 Å². The summed E-state index contributed by atoms with van der Waals surface area (Å²) < 4.78 is 6.23. The van der Waals surface area contributed by atoms with E-state index in [0.717, 1.165) is 34.9 Å². The highest BCUT2D eigenvalue weighted by atomic mass is 35.5. The zero-order valence-corrected chi connectivity index (χ0v) is 19.1. The first-order valence-corrected chi connectivity index (χ1v) is 10.9. The van der Waals surface area contributed by atoms with Gasteiger partial charge in [-0.25, -0.2) is 9.97 Å². The van der Waals surface area contributed by atoms with Gasteiger partial charge in [-0.2, -0.15) is 0 Å². The van der Waals surface area contributed by atoms with Gasteiger partial charge in [-0.05, 0) is 57.0 Å². The van der Waals surface area contributed by atoms with Crippen molar-refractivity contribution in [1.82, 2.24) is 9.97 Å². The van der Waals surface area contributed by atoms with Crippen LogP contribution in [0.1, 0.15) is 42.4 Å². The maximum absolute atomic E-state index is 6.40. The Morgan fingerprint density at radius 2 is 1.80 bits per heavy atom. The fraction of sp³-hybridized carbons (Fsp3) is 0.333. The van der Waals surface area contributed by atoms with Crippen LogP contribution in [0.4, 0.5) is 5.82 Å². The molecule has 0 saturated carbocycles. The van der Waals surface area contributed by atoms with Gasteiger partial charge in [0.2, 0.25) is 0 Å². The minimum atomic E-state index is 0.0287. The first-order valence-electron chi connectivity index (χ1n) is 10.1. The van der Waals surface area contributed by atoms with Crippen molar-refractivity contribution in [3.63, 3.8) is 0 Å². The van der Waals surface area contributed by atoms with E-state index < -0.39 is 0 Å². The summed E-state index contributed by atoms with van der Waals surface area (Å²) in [6.45, 7) is 8.05. The highest BCUT2D eigenvalue weighted by molar-refractivity contribution is 6.36. The van der Waals surface area contributed by atoms with Crippen molar-refractivity contribution in [1.29, 1.82) is 0 Å². The second kappa shape index (κ2) is 8.54. The zero-order valence-electron chi connectivity index (χ0n) is 17.5. The molecule has 4 rings (SSSR count). The third-order valence-electron chi connectivity index (χ3n) is 5.35. The van der Waals surface area contributed by atoms with Crippen LogP contribution in [0.3, 0.4) is 0 Å². The van der Waals surface area contributed by atoms with Crippen molar-refractivity contribution < 1.29 is 4.74 Å². The van der Waals surface area contributed by atoms with Crippen LogP contribution in [-0.4, -0.2) is 22.2 Å². The second-order valence-corrected chi connectivity index (χ2v) is 8.81. The number of hydrogen-bond donors (Lipinski definition) is 1. The number of anilines is 1. The summed E-state index contributed by atoms with van der Waals surface area (Å²) in [6, 6.07) is 13.9. The Kier molecular flexibility index (Phi) is 6.01. The third kappa shape index (κ3) is 4.18. The average molecular weight is 442 g/mol. The van der Waals surface area contributed by atoms with Crippen LogP contribution in [0.25, 0.3) is 11.3 Å². The lowest BCUT2D eigenvalue weighted by atomic mass is 10.1. The van der Waals surface area contributed by atoms with Crippen LogP contribution in [0, 0.1) is 13.8 Å². The van der Waals surface area contributed by atoms with Gasteiger partial charge in [0.05, 0.1) is 40.4 Å². The molecule has 0 spiro atoms. The molecule has 0 bridgehead atoms. The van der Waals surface area contributed by atoms with Gasteiger partial charge in [0.25, 0.3) is 0 Å². The standard InChI is InChI=1S/C24H25Cl2N3O/c1-13(2)30-21-11-16-7-5-6-8-18(16)23(21)29-24-15(4)27-22(14(3)28-24)19-10-9-17(25)12-20(19)26/h5-10,12-13,21,23H,11H2,1-4H3,(H,28,29)/t21-,23+/m0/s1. The summed E-state index contributed by atoms with van der Waals surface area (Å²) >= 11 is 12.4. The van der Waals surface area contributed by atoms with Crippen molar-refractivity contribution >= 4 is 29.0 Å². The summed E-state index contributed by atoms with van der Waals surface area (Å²) in [4.78, 5) is 9.67. The third-order valence-corrected chi connectivity index (χ3v) is 5.90. The molecule has 156 valence electrons. The summed E-state index contributed by atoms with van der Waals surface area (Å²) in [7, 11) is 0. The van der Waals surface area contributed by atoms with Gasteiger partial charge in [-0.1, -0.05) is 47.5 Å². The van der Waals surface area contributed by atoms with Crippen LogP contribution in [0.2, 0.25) is 10.0 Å². The second-order valence-electron chi connectivity index (χ2n) is 7.96. The number of aryl methyl sites for hydroxylation is 2. The lowest BCUT2D eigenvalue weighted by Gasteiger charge is -2.25. The van der Waals surface area contributed by atoms with E-state index >= 15 is 0 Å². The maximum Gasteiger partial charge on any atom is 0.148 e. The maximum atomic E-state index is 6.40. The molecule has 0 saturated heterocycles. The molecule has 2 aromatic carbocycles. The van der Waals surface area contributed by atoms with E-state index in [1.54, 1.807) is 6.07 Å². The first kappa shape index (κ1) is 21.1. The summed E-state index contributed by atoms with van der Waals surface area (Å²) in [5.74, 6) is 0.764. The Balaban J connectivity index is 1.68. The molecule has 3 aromatic rings. The largest absolute Gasteiger partial charge is 0.373 e. The summed E-state index contributed by atoms with van der Waals surface area (Å²) in [5.41, 5.74) is 5.78. The van der Waals surface area contributed by atoms with E-state index in [1.165, 1.54) is 11.1 Å². The number of aromatic nitrogens is 2. The molecule has 1 aliphatic rings. The predicted octanol–water partition coefficient (Wildman–Crippen LogP) is 6.57. The molecule has 2 atom stereocenters. The van der Waals surface area contributed by atoms with Crippen LogP contribution in [0.5, 0.6) is 0 Å².